The molecule has 1 N–H and O–H groups in total. The molecule has 2 amide bonds. The van der Waals surface area contributed by atoms with Crippen LogP contribution < -0.4 is 14.8 Å². The molecule has 0 aromatic heterocycles. The monoisotopic (exact) mass is 542 g/mol. The standard InChI is InChI=1S/C32H31ClN2O4/c1-38-27-18-16-25(17-19-27)22-35(31(36)23-39-28-13-6-3-7-14-28)30(20-24-10-4-2-5-11-24)32(37)34-21-26-12-8-9-15-29(26)33/h2-19,30H,20-23H2,1H3,(H,34,37)/t30-/m0/s1. The fourth-order valence-corrected chi connectivity index (χ4v) is 4.37. The van der Waals surface area contributed by atoms with Crippen molar-refractivity contribution in [1.29, 1.82) is 0 Å². The van der Waals surface area contributed by atoms with Crippen molar-refractivity contribution < 1.29 is 19.1 Å². The van der Waals surface area contributed by atoms with Gasteiger partial charge < -0.3 is 19.7 Å². The van der Waals surface area contributed by atoms with E-state index in [-0.39, 0.29) is 31.5 Å². The molecule has 0 aliphatic carbocycles. The van der Waals surface area contributed by atoms with E-state index in [2.05, 4.69) is 5.32 Å². The van der Waals surface area contributed by atoms with Crippen molar-refractivity contribution in [3.05, 3.63) is 131 Å². The van der Waals surface area contributed by atoms with Crippen molar-refractivity contribution in [3.8, 4) is 11.5 Å². The highest BCUT2D eigenvalue weighted by Gasteiger charge is 2.30. The third-order valence-electron chi connectivity index (χ3n) is 6.30. The maximum atomic E-state index is 13.7. The van der Waals surface area contributed by atoms with E-state index in [1.165, 1.54) is 0 Å². The summed E-state index contributed by atoms with van der Waals surface area (Å²) in [6, 6.07) is 32.8. The third kappa shape index (κ3) is 8.09. The number of benzene rings is 4. The molecule has 0 saturated heterocycles. The van der Waals surface area contributed by atoms with Gasteiger partial charge in [0.1, 0.15) is 17.5 Å². The second-order valence-electron chi connectivity index (χ2n) is 8.99. The first kappa shape index (κ1) is 27.7. The zero-order chi connectivity index (χ0) is 27.5. The number of carbonyl (C=O) groups is 2. The molecule has 0 fully saturated rings. The zero-order valence-corrected chi connectivity index (χ0v) is 22.5. The van der Waals surface area contributed by atoms with Crippen molar-refractivity contribution in [3.63, 3.8) is 0 Å². The van der Waals surface area contributed by atoms with Crippen LogP contribution in [0.15, 0.2) is 109 Å². The topological polar surface area (TPSA) is 67.9 Å². The Morgan fingerprint density at radius 3 is 2.10 bits per heavy atom. The van der Waals surface area contributed by atoms with Crippen molar-refractivity contribution >= 4 is 23.4 Å². The summed E-state index contributed by atoms with van der Waals surface area (Å²) in [6.45, 7) is 0.260. The van der Waals surface area contributed by atoms with E-state index < -0.39 is 6.04 Å². The average Bonchev–Trinajstić information content (AvgIpc) is 2.98. The van der Waals surface area contributed by atoms with Crippen molar-refractivity contribution in [2.24, 2.45) is 0 Å². The van der Waals surface area contributed by atoms with Crippen LogP contribution in [0.3, 0.4) is 0 Å². The predicted octanol–water partition coefficient (Wildman–Crippen LogP) is 5.68. The van der Waals surface area contributed by atoms with Crippen LogP contribution in [0.5, 0.6) is 11.5 Å². The van der Waals surface area contributed by atoms with Gasteiger partial charge in [-0.1, -0.05) is 90.5 Å². The molecule has 1 atom stereocenters. The molecule has 6 nitrogen and oxygen atoms in total. The molecule has 0 aliphatic heterocycles. The first-order valence-corrected chi connectivity index (χ1v) is 13.1. The van der Waals surface area contributed by atoms with E-state index >= 15 is 0 Å². The molecule has 7 heteroatoms. The lowest BCUT2D eigenvalue weighted by Gasteiger charge is -2.31. The summed E-state index contributed by atoms with van der Waals surface area (Å²) in [4.78, 5) is 29.0. The number of hydrogen-bond donors (Lipinski definition) is 1. The summed E-state index contributed by atoms with van der Waals surface area (Å²) in [5.41, 5.74) is 2.60. The Labute approximate surface area is 234 Å². The Bertz CT molecular complexity index is 1350. The number of methoxy groups -OCH3 is 1. The number of amides is 2. The minimum atomic E-state index is -0.788. The number of nitrogens with zero attached hydrogens (tertiary/aromatic N) is 1. The maximum absolute atomic E-state index is 13.7. The summed E-state index contributed by atoms with van der Waals surface area (Å²) in [6.07, 6.45) is 0.336. The molecule has 4 aromatic carbocycles. The normalized spacial score (nSPS) is 11.3. The Kier molecular flexibility index (Phi) is 9.98. The largest absolute Gasteiger partial charge is 0.497 e. The molecule has 0 bridgehead atoms. The molecular weight excluding hydrogens is 512 g/mol. The first-order chi connectivity index (χ1) is 19.0. The van der Waals surface area contributed by atoms with Crippen LogP contribution in [0.2, 0.25) is 5.02 Å². The van der Waals surface area contributed by atoms with Gasteiger partial charge in [-0.15, -0.1) is 0 Å². The van der Waals surface area contributed by atoms with Crippen LogP contribution in [0, 0.1) is 0 Å². The summed E-state index contributed by atoms with van der Waals surface area (Å²) in [5.74, 6) is 0.712. The van der Waals surface area contributed by atoms with Gasteiger partial charge in [-0.2, -0.15) is 0 Å². The molecule has 200 valence electrons. The summed E-state index contributed by atoms with van der Waals surface area (Å²) in [7, 11) is 1.60. The molecule has 0 heterocycles. The second kappa shape index (κ2) is 14.0. The van der Waals surface area contributed by atoms with Crippen LogP contribution in [0.1, 0.15) is 16.7 Å². The molecule has 0 radical (unpaired) electrons. The smallest absolute Gasteiger partial charge is 0.261 e. The third-order valence-corrected chi connectivity index (χ3v) is 6.67. The maximum Gasteiger partial charge on any atom is 0.261 e. The summed E-state index contributed by atoms with van der Waals surface area (Å²) >= 11 is 6.32. The Hall–Kier alpha value is -4.29. The molecule has 39 heavy (non-hydrogen) atoms. The molecule has 4 rings (SSSR count). The zero-order valence-electron chi connectivity index (χ0n) is 21.8. The number of hydrogen-bond acceptors (Lipinski definition) is 4. The molecule has 0 aliphatic rings. The number of rotatable bonds is 12. The lowest BCUT2D eigenvalue weighted by Crippen LogP contribution is -2.51. The Balaban J connectivity index is 1.61. The first-order valence-electron chi connectivity index (χ1n) is 12.7. The van der Waals surface area contributed by atoms with Crippen molar-refractivity contribution in [1.82, 2.24) is 10.2 Å². The molecule has 0 saturated carbocycles. The van der Waals surface area contributed by atoms with Gasteiger partial charge in [0.15, 0.2) is 6.61 Å². The average molecular weight is 543 g/mol. The van der Waals surface area contributed by atoms with Crippen LogP contribution in [-0.4, -0.2) is 36.5 Å². The van der Waals surface area contributed by atoms with Gasteiger partial charge in [0.25, 0.3) is 5.91 Å². The molecule has 0 unspecified atom stereocenters. The summed E-state index contributed by atoms with van der Waals surface area (Å²) in [5, 5.41) is 3.56. The quantitative estimate of drug-likeness (QED) is 0.250. The van der Waals surface area contributed by atoms with Crippen LogP contribution in [-0.2, 0) is 29.1 Å². The van der Waals surface area contributed by atoms with Crippen molar-refractivity contribution in [2.45, 2.75) is 25.6 Å². The van der Waals surface area contributed by atoms with E-state index in [0.29, 0.717) is 22.9 Å². The van der Waals surface area contributed by atoms with Crippen LogP contribution in [0.25, 0.3) is 0 Å². The number of carbonyl (C=O) groups excluding carboxylic acids is 2. The van der Waals surface area contributed by atoms with E-state index in [1.54, 1.807) is 30.2 Å². The van der Waals surface area contributed by atoms with Crippen LogP contribution in [0.4, 0.5) is 0 Å². The highest BCUT2D eigenvalue weighted by molar-refractivity contribution is 6.31. The molecule has 0 spiro atoms. The minimum Gasteiger partial charge on any atom is -0.497 e. The van der Waals surface area contributed by atoms with Gasteiger partial charge >= 0.3 is 0 Å². The fraction of sp³-hybridized carbons (Fsp3) is 0.188. The van der Waals surface area contributed by atoms with E-state index in [9.17, 15) is 9.59 Å². The van der Waals surface area contributed by atoms with E-state index in [0.717, 1.165) is 16.7 Å². The van der Waals surface area contributed by atoms with E-state index in [4.69, 9.17) is 21.1 Å². The fourth-order valence-electron chi connectivity index (χ4n) is 4.17. The van der Waals surface area contributed by atoms with Gasteiger partial charge in [0.2, 0.25) is 5.91 Å². The molecular formula is C32H31ClN2O4. The van der Waals surface area contributed by atoms with Gasteiger partial charge in [0, 0.05) is 24.5 Å². The molecule has 4 aromatic rings. The van der Waals surface area contributed by atoms with Gasteiger partial charge in [-0.05, 0) is 47.0 Å². The Morgan fingerprint density at radius 1 is 0.795 bits per heavy atom. The van der Waals surface area contributed by atoms with Crippen molar-refractivity contribution in [2.75, 3.05) is 13.7 Å². The number of halogens is 1. The number of para-hydroxylation sites is 1. The van der Waals surface area contributed by atoms with E-state index in [1.807, 2.05) is 91.0 Å². The Morgan fingerprint density at radius 2 is 1.44 bits per heavy atom. The SMILES string of the molecule is COc1ccc(CN(C(=O)COc2ccccc2)[C@@H](Cc2ccccc2)C(=O)NCc2ccccc2Cl)cc1. The predicted molar refractivity (Wildman–Crippen MR) is 153 cm³/mol. The van der Waals surface area contributed by atoms with Crippen LogP contribution >= 0.6 is 11.6 Å². The number of nitrogens with one attached hydrogen (secondary N) is 1. The lowest BCUT2D eigenvalue weighted by atomic mass is 10.0. The lowest BCUT2D eigenvalue weighted by molar-refractivity contribution is -0.142. The number of ether oxygens (including phenoxy) is 2. The highest BCUT2D eigenvalue weighted by atomic mass is 35.5. The van der Waals surface area contributed by atoms with Gasteiger partial charge in [-0.3, -0.25) is 9.59 Å². The highest BCUT2D eigenvalue weighted by Crippen LogP contribution is 2.19. The second-order valence-corrected chi connectivity index (χ2v) is 9.39. The summed E-state index contributed by atoms with van der Waals surface area (Å²) < 4.78 is 11.1. The van der Waals surface area contributed by atoms with Gasteiger partial charge in [0.05, 0.1) is 7.11 Å². The minimum absolute atomic E-state index is 0.205. The van der Waals surface area contributed by atoms with Gasteiger partial charge in [-0.25, -0.2) is 0 Å².